The molecular weight excluding hydrogens is 511 g/mol. The average molecular weight is 533 g/mol. The molecule has 1 fully saturated rings. The number of aromatic amines is 1. The number of carbonyl (C=O) groups excluding carboxylic acids is 2. The molecule has 5 rings (SSSR count). The smallest absolute Gasteiger partial charge is 0.286 e. The van der Waals surface area contributed by atoms with E-state index in [4.69, 9.17) is 9.47 Å². The SMILES string of the molecule is CC(Oc1ccc(CC2SC(=O)NC2=O)cc1)c1nc2ccc(Oc3cccnc3)cc2[nH]1.Cl.Cl. The number of rotatable bonds is 7. The number of carbonyl (C=O) groups is 2. The minimum Gasteiger partial charge on any atom is -0.483 e. The third-order valence-corrected chi connectivity index (χ3v) is 6.13. The van der Waals surface area contributed by atoms with Crippen LogP contribution in [0.5, 0.6) is 17.2 Å². The first-order valence-electron chi connectivity index (χ1n) is 10.4. The van der Waals surface area contributed by atoms with Crippen molar-refractivity contribution in [3.05, 3.63) is 78.4 Å². The number of amides is 2. The summed E-state index contributed by atoms with van der Waals surface area (Å²) in [6.07, 6.45) is 3.54. The van der Waals surface area contributed by atoms with Crippen LogP contribution in [0.3, 0.4) is 0 Å². The van der Waals surface area contributed by atoms with Crippen molar-refractivity contribution in [3.63, 3.8) is 0 Å². The molecule has 2 atom stereocenters. The average Bonchev–Trinajstić information content (AvgIpc) is 3.37. The van der Waals surface area contributed by atoms with E-state index in [1.165, 1.54) is 0 Å². The van der Waals surface area contributed by atoms with E-state index in [1.807, 2.05) is 61.5 Å². The van der Waals surface area contributed by atoms with Crippen LogP contribution in [-0.4, -0.2) is 31.3 Å². The summed E-state index contributed by atoms with van der Waals surface area (Å²) in [7, 11) is 0. The number of imide groups is 1. The second-order valence-corrected chi connectivity index (χ2v) is 8.76. The van der Waals surface area contributed by atoms with Gasteiger partial charge >= 0.3 is 0 Å². The number of ether oxygens (including phenoxy) is 2. The lowest BCUT2D eigenvalue weighted by atomic mass is 10.1. The van der Waals surface area contributed by atoms with Gasteiger partial charge in [-0.1, -0.05) is 23.9 Å². The summed E-state index contributed by atoms with van der Waals surface area (Å²) >= 11 is 1.03. The standard InChI is InChI=1S/C24H20N4O4S.2ClH/c1-14(31-16-6-4-15(5-7-16)11-21-23(29)28-24(30)33-21)22-26-19-9-8-17(12-20(19)27-22)32-18-3-2-10-25-13-18;;/h2-10,12-14,21H,11H2,1H3,(H,26,27)(H,28,29,30);2*1H. The van der Waals surface area contributed by atoms with E-state index in [0.29, 0.717) is 29.5 Å². The van der Waals surface area contributed by atoms with Gasteiger partial charge in [0.2, 0.25) is 5.91 Å². The summed E-state index contributed by atoms with van der Waals surface area (Å²) in [6.45, 7) is 1.92. The second-order valence-electron chi connectivity index (χ2n) is 7.58. The van der Waals surface area contributed by atoms with Crippen molar-refractivity contribution >= 4 is 58.8 Å². The van der Waals surface area contributed by atoms with E-state index < -0.39 is 0 Å². The predicted octanol–water partition coefficient (Wildman–Crippen LogP) is 5.63. The van der Waals surface area contributed by atoms with Crippen molar-refractivity contribution in [1.82, 2.24) is 20.3 Å². The first-order chi connectivity index (χ1) is 16.0. The van der Waals surface area contributed by atoms with E-state index in [1.54, 1.807) is 12.4 Å². The van der Waals surface area contributed by atoms with Gasteiger partial charge in [0.1, 0.15) is 23.1 Å². The molecule has 2 aromatic heterocycles. The zero-order valence-electron chi connectivity index (χ0n) is 18.5. The highest BCUT2D eigenvalue weighted by Gasteiger charge is 2.31. The summed E-state index contributed by atoms with van der Waals surface area (Å²) in [5, 5.41) is 1.63. The number of hydrogen-bond acceptors (Lipinski definition) is 7. The Morgan fingerprint density at radius 2 is 1.80 bits per heavy atom. The van der Waals surface area contributed by atoms with Gasteiger partial charge in [-0.05, 0) is 55.3 Å². The zero-order valence-corrected chi connectivity index (χ0v) is 20.9. The fraction of sp³-hybridized carbons (Fsp3) is 0.167. The highest BCUT2D eigenvalue weighted by atomic mass is 35.5. The van der Waals surface area contributed by atoms with Crippen molar-refractivity contribution < 1.29 is 19.1 Å². The Balaban J connectivity index is 0.00000171. The highest BCUT2D eigenvalue weighted by Crippen LogP contribution is 2.28. The van der Waals surface area contributed by atoms with E-state index in [2.05, 4.69) is 20.3 Å². The number of nitrogens with one attached hydrogen (secondary N) is 2. The number of aromatic nitrogens is 3. The molecule has 0 aliphatic carbocycles. The minimum absolute atomic E-state index is 0. The number of nitrogens with zero attached hydrogens (tertiary/aromatic N) is 2. The number of thioether (sulfide) groups is 1. The van der Waals surface area contributed by atoms with Crippen LogP contribution in [0, 0.1) is 0 Å². The van der Waals surface area contributed by atoms with E-state index >= 15 is 0 Å². The molecule has 1 saturated heterocycles. The summed E-state index contributed by atoms with van der Waals surface area (Å²) in [5.74, 6) is 2.50. The minimum atomic E-state index is -0.384. The lowest BCUT2D eigenvalue weighted by Gasteiger charge is -2.13. The van der Waals surface area contributed by atoms with Crippen LogP contribution in [0.4, 0.5) is 4.79 Å². The normalized spacial score (nSPS) is 15.6. The van der Waals surface area contributed by atoms with Gasteiger partial charge < -0.3 is 14.5 Å². The Morgan fingerprint density at radius 3 is 2.49 bits per heavy atom. The maximum atomic E-state index is 11.7. The van der Waals surface area contributed by atoms with Gasteiger partial charge in [-0.25, -0.2) is 4.98 Å². The molecule has 8 nitrogen and oxygen atoms in total. The Bertz CT molecular complexity index is 1320. The molecule has 4 aromatic rings. The summed E-state index contributed by atoms with van der Waals surface area (Å²) in [5.41, 5.74) is 2.62. The zero-order chi connectivity index (χ0) is 22.8. The number of H-pyrrole nitrogens is 1. The number of hydrogen-bond donors (Lipinski definition) is 2. The van der Waals surface area contributed by atoms with Gasteiger partial charge in [0.15, 0.2) is 6.10 Å². The van der Waals surface area contributed by atoms with Gasteiger partial charge in [-0.2, -0.15) is 0 Å². The van der Waals surface area contributed by atoms with Gasteiger partial charge in [0.25, 0.3) is 5.24 Å². The fourth-order valence-corrected chi connectivity index (χ4v) is 4.37. The van der Waals surface area contributed by atoms with E-state index in [0.717, 1.165) is 28.4 Å². The van der Waals surface area contributed by atoms with Crippen LogP contribution in [0.1, 0.15) is 24.4 Å². The highest BCUT2D eigenvalue weighted by molar-refractivity contribution is 8.15. The molecule has 0 bridgehead atoms. The molecule has 3 heterocycles. The number of imidazole rings is 1. The van der Waals surface area contributed by atoms with Crippen LogP contribution in [0.15, 0.2) is 67.0 Å². The summed E-state index contributed by atoms with van der Waals surface area (Å²) in [4.78, 5) is 35.1. The number of pyridine rings is 1. The van der Waals surface area contributed by atoms with Gasteiger partial charge in [0.05, 0.1) is 22.5 Å². The number of fused-ring (bicyclic) bond motifs is 1. The largest absolute Gasteiger partial charge is 0.483 e. The van der Waals surface area contributed by atoms with Gasteiger partial charge in [-0.15, -0.1) is 24.8 Å². The molecule has 2 unspecified atom stereocenters. The molecule has 11 heteroatoms. The van der Waals surface area contributed by atoms with Gasteiger partial charge in [-0.3, -0.25) is 19.9 Å². The molecule has 2 amide bonds. The lowest BCUT2D eigenvalue weighted by Crippen LogP contribution is -2.25. The van der Waals surface area contributed by atoms with Crippen molar-refractivity contribution in [1.29, 1.82) is 0 Å². The van der Waals surface area contributed by atoms with Crippen LogP contribution in [-0.2, 0) is 11.2 Å². The number of benzene rings is 2. The Kier molecular flexibility index (Phi) is 8.61. The topological polar surface area (TPSA) is 106 Å². The molecular formula is C24H22Cl2N4O4S. The third kappa shape index (κ3) is 6.25. The lowest BCUT2D eigenvalue weighted by molar-refractivity contribution is -0.118. The Labute approximate surface area is 218 Å². The van der Waals surface area contributed by atoms with Crippen LogP contribution < -0.4 is 14.8 Å². The quantitative estimate of drug-likeness (QED) is 0.317. The molecule has 0 radical (unpaired) electrons. The molecule has 182 valence electrons. The monoisotopic (exact) mass is 532 g/mol. The molecule has 2 N–H and O–H groups in total. The van der Waals surface area contributed by atoms with Crippen molar-refractivity contribution in [2.75, 3.05) is 0 Å². The molecule has 35 heavy (non-hydrogen) atoms. The molecule has 0 saturated carbocycles. The predicted molar refractivity (Wildman–Crippen MR) is 139 cm³/mol. The third-order valence-electron chi connectivity index (χ3n) is 5.15. The van der Waals surface area contributed by atoms with Crippen LogP contribution in [0.2, 0.25) is 0 Å². The summed E-state index contributed by atoms with van der Waals surface area (Å²) < 4.78 is 11.9. The maximum absolute atomic E-state index is 11.7. The van der Waals surface area contributed by atoms with Crippen molar-refractivity contribution in [3.8, 4) is 17.2 Å². The van der Waals surface area contributed by atoms with Crippen molar-refractivity contribution in [2.24, 2.45) is 0 Å². The first kappa shape index (κ1) is 26.3. The van der Waals surface area contributed by atoms with E-state index in [9.17, 15) is 9.59 Å². The Hall–Kier alpha value is -3.27. The fourth-order valence-electron chi connectivity index (χ4n) is 3.51. The molecule has 1 aliphatic rings. The molecule has 2 aromatic carbocycles. The Morgan fingerprint density at radius 1 is 1.03 bits per heavy atom. The molecule has 0 spiro atoms. The first-order valence-corrected chi connectivity index (χ1v) is 11.3. The van der Waals surface area contributed by atoms with Crippen LogP contribution in [0.25, 0.3) is 11.0 Å². The second kappa shape index (κ2) is 11.4. The van der Waals surface area contributed by atoms with Crippen LogP contribution >= 0.6 is 36.6 Å². The molecule has 1 aliphatic heterocycles. The van der Waals surface area contributed by atoms with Gasteiger partial charge in [0, 0.05) is 12.3 Å². The summed E-state index contributed by atoms with van der Waals surface area (Å²) in [6, 6.07) is 16.8. The maximum Gasteiger partial charge on any atom is 0.286 e. The van der Waals surface area contributed by atoms with E-state index in [-0.39, 0.29) is 47.3 Å². The van der Waals surface area contributed by atoms with Crippen molar-refractivity contribution in [2.45, 2.75) is 24.7 Å². The number of halogens is 2.